The summed E-state index contributed by atoms with van der Waals surface area (Å²) in [5, 5.41) is 7.00. The Balaban J connectivity index is 1.58. The van der Waals surface area contributed by atoms with Gasteiger partial charge in [0.15, 0.2) is 5.65 Å². The molecule has 35 heavy (non-hydrogen) atoms. The van der Waals surface area contributed by atoms with E-state index in [0.717, 1.165) is 55.2 Å². The summed E-state index contributed by atoms with van der Waals surface area (Å²) < 4.78 is 2.31. The number of nitrogens with one attached hydrogen (secondary N) is 2. The number of hydrogen-bond donors (Lipinski definition) is 2. The van der Waals surface area contributed by atoms with Crippen LogP contribution in [-0.2, 0) is 0 Å². The Morgan fingerprint density at radius 1 is 1.06 bits per heavy atom. The molecule has 2 aromatic heterocycles. The Morgan fingerprint density at radius 3 is 2.43 bits per heavy atom. The smallest absolute Gasteiger partial charge is 0.229 e. The van der Waals surface area contributed by atoms with Gasteiger partial charge in [-0.2, -0.15) is 4.98 Å². The Kier molecular flexibility index (Phi) is 8.61. The molecule has 7 heteroatoms. The van der Waals surface area contributed by atoms with Crippen molar-refractivity contribution in [1.29, 1.82) is 0 Å². The largest absolute Gasteiger partial charge is 0.372 e. The van der Waals surface area contributed by atoms with E-state index in [-0.39, 0.29) is 6.04 Å². The third-order valence-corrected chi connectivity index (χ3v) is 6.62. The highest BCUT2D eigenvalue weighted by atomic mass is 15.3. The van der Waals surface area contributed by atoms with Gasteiger partial charge < -0.3 is 15.5 Å². The average Bonchev–Trinajstić information content (AvgIpc) is 3.50. The second-order valence-corrected chi connectivity index (χ2v) is 9.57. The summed E-state index contributed by atoms with van der Waals surface area (Å²) in [6, 6.07) is 9.23. The molecular formula is C28H41N7. The van der Waals surface area contributed by atoms with E-state index in [1.807, 2.05) is 6.20 Å². The van der Waals surface area contributed by atoms with Crippen LogP contribution in [0, 0.1) is 0 Å². The lowest BCUT2D eigenvalue weighted by molar-refractivity contribution is 0.532. The number of nitrogens with zero attached hydrogens (tertiary/aromatic N) is 5. The fraction of sp³-hybridized carbons (Fsp3) is 0.536. The zero-order chi connectivity index (χ0) is 24.6. The minimum Gasteiger partial charge on any atom is -0.372 e. The van der Waals surface area contributed by atoms with Crippen molar-refractivity contribution < 1.29 is 0 Å². The van der Waals surface area contributed by atoms with Crippen LogP contribution in [0.5, 0.6) is 0 Å². The molecule has 2 heterocycles. The van der Waals surface area contributed by atoms with E-state index in [4.69, 9.17) is 9.97 Å². The molecule has 0 spiro atoms. The lowest BCUT2D eigenvalue weighted by Gasteiger charge is -2.24. The van der Waals surface area contributed by atoms with Crippen LogP contribution in [0.15, 0.2) is 42.6 Å². The molecular weight excluding hydrogens is 434 g/mol. The number of imidazole rings is 1. The van der Waals surface area contributed by atoms with Crippen molar-refractivity contribution >= 4 is 34.4 Å². The number of allylic oxidation sites excluding steroid dienone is 1. The predicted molar refractivity (Wildman–Crippen MR) is 148 cm³/mol. The first-order valence-electron chi connectivity index (χ1n) is 13.4. The van der Waals surface area contributed by atoms with Crippen molar-refractivity contribution in [3.8, 4) is 0 Å². The van der Waals surface area contributed by atoms with Crippen molar-refractivity contribution in [3.63, 3.8) is 0 Å². The molecule has 0 aliphatic heterocycles. The number of aromatic nitrogens is 4. The summed E-state index contributed by atoms with van der Waals surface area (Å²) in [7, 11) is 0. The Bertz CT molecular complexity index is 1090. The molecule has 1 aromatic carbocycles. The number of benzene rings is 1. The van der Waals surface area contributed by atoms with Gasteiger partial charge in [-0.1, -0.05) is 45.8 Å². The number of fused-ring (bicyclic) bond motifs is 1. The van der Waals surface area contributed by atoms with Crippen LogP contribution in [0.4, 0.5) is 23.3 Å². The summed E-state index contributed by atoms with van der Waals surface area (Å²) in [5.74, 6) is 1.50. The van der Waals surface area contributed by atoms with Crippen molar-refractivity contribution in [3.05, 3.63) is 42.6 Å². The average molecular weight is 476 g/mol. The first-order valence-corrected chi connectivity index (χ1v) is 13.4. The van der Waals surface area contributed by atoms with Gasteiger partial charge in [-0.3, -0.25) is 4.57 Å². The Labute approximate surface area is 210 Å². The van der Waals surface area contributed by atoms with Crippen LogP contribution in [0.25, 0.3) is 11.2 Å². The fourth-order valence-electron chi connectivity index (χ4n) is 4.95. The van der Waals surface area contributed by atoms with Crippen molar-refractivity contribution in [1.82, 2.24) is 19.5 Å². The van der Waals surface area contributed by atoms with Crippen LogP contribution in [-0.4, -0.2) is 38.7 Å². The molecule has 1 fully saturated rings. The maximum Gasteiger partial charge on any atom is 0.229 e. The van der Waals surface area contributed by atoms with Gasteiger partial charge in [-0.15, -0.1) is 0 Å². The molecule has 0 bridgehead atoms. The highest BCUT2D eigenvalue weighted by Crippen LogP contribution is 2.35. The second kappa shape index (κ2) is 12.0. The van der Waals surface area contributed by atoms with Gasteiger partial charge in [0, 0.05) is 36.5 Å². The van der Waals surface area contributed by atoms with E-state index >= 15 is 0 Å². The van der Waals surface area contributed by atoms with E-state index in [1.165, 1.54) is 31.4 Å². The monoisotopic (exact) mass is 475 g/mol. The van der Waals surface area contributed by atoms with Gasteiger partial charge >= 0.3 is 0 Å². The lowest BCUT2D eigenvalue weighted by atomic mass is 10.2. The highest BCUT2D eigenvalue weighted by Gasteiger charge is 2.24. The molecule has 0 amide bonds. The van der Waals surface area contributed by atoms with Gasteiger partial charge in [0.25, 0.3) is 0 Å². The van der Waals surface area contributed by atoms with E-state index in [0.29, 0.717) is 12.0 Å². The van der Waals surface area contributed by atoms with Crippen molar-refractivity contribution in [2.45, 2.75) is 84.7 Å². The normalized spacial score (nSPS) is 15.2. The van der Waals surface area contributed by atoms with Gasteiger partial charge in [-0.05, 0) is 63.3 Å². The summed E-state index contributed by atoms with van der Waals surface area (Å²) in [6.45, 7) is 10.9. The minimum absolute atomic E-state index is 0.205. The van der Waals surface area contributed by atoms with Crippen LogP contribution >= 0.6 is 0 Å². The first kappa shape index (κ1) is 25.0. The number of rotatable bonds is 12. The first-order chi connectivity index (χ1) is 17.1. The topological polar surface area (TPSA) is 70.9 Å². The number of hydrogen-bond acceptors (Lipinski definition) is 6. The zero-order valence-corrected chi connectivity index (χ0v) is 21.8. The van der Waals surface area contributed by atoms with Gasteiger partial charge in [0.2, 0.25) is 11.9 Å². The molecule has 3 aromatic rings. The summed E-state index contributed by atoms with van der Waals surface area (Å²) in [6.07, 6.45) is 14.4. The third kappa shape index (κ3) is 6.13. The zero-order valence-electron chi connectivity index (χ0n) is 21.8. The van der Waals surface area contributed by atoms with E-state index < -0.39 is 0 Å². The predicted octanol–water partition coefficient (Wildman–Crippen LogP) is 7.08. The molecule has 1 atom stereocenters. The molecule has 4 rings (SSSR count). The fourth-order valence-corrected chi connectivity index (χ4v) is 4.95. The lowest BCUT2D eigenvalue weighted by Crippen LogP contribution is -2.24. The quantitative estimate of drug-likeness (QED) is 0.273. The molecule has 0 radical (unpaired) electrons. The second-order valence-electron chi connectivity index (χ2n) is 9.57. The van der Waals surface area contributed by atoms with Crippen molar-refractivity contribution in [2.24, 2.45) is 0 Å². The van der Waals surface area contributed by atoms with Crippen LogP contribution in [0.3, 0.4) is 0 Å². The highest BCUT2D eigenvalue weighted by molar-refractivity contribution is 5.76. The molecule has 1 saturated carbocycles. The van der Waals surface area contributed by atoms with Crippen molar-refractivity contribution in [2.75, 3.05) is 28.6 Å². The maximum absolute atomic E-state index is 4.93. The maximum atomic E-state index is 4.93. The van der Waals surface area contributed by atoms with Gasteiger partial charge in [0.1, 0.15) is 5.52 Å². The van der Waals surface area contributed by atoms with Gasteiger partial charge in [0.05, 0.1) is 6.20 Å². The minimum atomic E-state index is 0.205. The molecule has 188 valence electrons. The molecule has 0 saturated heterocycles. The Morgan fingerprint density at radius 2 is 1.77 bits per heavy atom. The molecule has 1 unspecified atom stereocenters. The number of anilines is 4. The van der Waals surface area contributed by atoms with E-state index in [1.54, 1.807) is 0 Å². The molecule has 7 nitrogen and oxygen atoms in total. The van der Waals surface area contributed by atoms with Crippen LogP contribution in [0.2, 0.25) is 0 Å². The molecule has 1 aliphatic carbocycles. The van der Waals surface area contributed by atoms with E-state index in [9.17, 15) is 0 Å². The van der Waals surface area contributed by atoms with Gasteiger partial charge in [-0.25, -0.2) is 9.97 Å². The van der Waals surface area contributed by atoms with E-state index in [2.05, 4.69) is 89.2 Å². The molecule has 2 N–H and O–H groups in total. The standard InChI is InChI=1S/C28H41N7/c1-5-8-11-21(4)30-28-32-25-20-29-27(33-26(25)35(28)24-12-9-10-13-24)31-22-14-16-23(17-15-22)34(18-6-2)19-7-3/h8,11,14-17,20-21,24H,5-7,9-10,12-13,18-19H2,1-4H3,(H,30,32)(H,29,31,33)/b11-8-. The summed E-state index contributed by atoms with van der Waals surface area (Å²) in [5.41, 5.74) is 3.99. The third-order valence-electron chi connectivity index (χ3n) is 6.62. The Hall–Kier alpha value is -3.09. The summed E-state index contributed by atoms with van der Waals surface area (Å²) >= 11 is 0. The SMILES string of the molecule is CC/C=C\C(C)Nc1nc2cnc(Nc3ccc(N(CCC)CCC)cc3)nc2n1C1CCCC1. The molecule has 1 aliphatic rings. The van der Waals surface area contributed by atoms with Crippen LogP contribution < -0.4 is 15.5 Å². The van der Waals surface area contributed by atoms with Crippen LogP contribution in [0.1, 0.15) is 78.7 Å². The summed E-state index contributed by atoms with van der Waals surface area (Å²) in [4.78, 5) is 16.8.